The first-order chi connectivity index (χ1) is 21.7. The lowest BCUT2D eigenvalue weighted by atomic mass is 10.0. The lowest BCUT2D eigenvalue weighted by molar-refractivity contribution is -0.140. The average Bonchev–Trinajstić information content (AvgIpc) is 3.55. The van der Waals surface area contributed by atoms with Crippen LogP contribution in [0.2, 0.25) is 5.02 Å². The molecule has 0 bridgehead atoms. The topological polar surface area (TPSA) is 86.8 Å². The summed E-state index contributed by atoms with van der Waals surface area (Å²) in [5.41, 5.74) is 1.80. The van der Waals surface area contributed by atoms with Crippen LogP contribution in [0.25, 0.3) is 0 Å². The molecule has 4 aromatic carbocycles. The molecular weight excluding hydrogens is 613 g/mol. The van der Waals surface area contributed by atoms with Crippen LogP contribution in [0.3, 0.4) is 0 Å². The second kappa shape index (κ2) is 14.7. The molecule has 4 aromatic rings. The second-order valence-corrected chi connectivity index (χ2v) is 13.4. The Bertz CT molecular complexity index is 1700. The number of para-hydroxylation sites is 1. The summed E-state index contributed by atoms with van der Waals surface area (Å²) in [6.07, 6.45) is 3.99. The van der Waals surface area contributed by atoms with E-state index in [0.717, 1.165) is 47.7 Å². The molecule has 1 atom stereocenters. The summed E-state index contributed by atoms with van der Waals surface area (Å²) in [7, 11) is -4.31. The highest BCUT2D eigenvalue weighted by atomic mass is 35.5. The first kappa shape index (κ1) is 32.2. The summed E-state index contributed by atoms with van der Waals surface area (Å²) in [6, 6.07) is 28.2. The molecule has 2 amide bonds. The van der Waals surface area contributed by atoms with E-state index in [2.05, 4.69) is 5.32 Å². The van der Waals surface area contributed by atoms with E-state index in [9.17, 15) is 22.4 Å². The van der Waals surface area contributed by atoms with Gasteiger partial charge in [-0.15, -0.1) is 0 Å². The third kappa shape index (κ3) is 8.29. The van der Waals surface area contributed by atoms with Gasteiger partial charge in [0.25, 0.3) is 10.0 Å². The van der Waals surface area contributed by atoms with Crippen molar-refractivity contribution in [3.63, 3.8) is 0 Å². The molecular formula is C35H35ClFN3O4S. The first-order valence-electron chi connectivity index (χ1n) is 14.9. The molecule has 1 saturated carbocycles. The smallest absolute Gasteiger partial charge is 0.264 e. The SMILES string of the molecule is O=C(NC1CCCC1)[C@H](Cc1ccccc1)N(Cc1cccc(Cl)c1)C(=O)CN(c1ccccc1)S(=O)(=O)c1ccc(F)cc1. The highest BCUT2D eigenvalue weighted by Gasteiger charge is 2.35. The summed E-state index contributed by atoms with van der Waals surface area (Å²) < 4.78 is 42.7. The maximum absolute atomic E-state index is 14.5. The van der Waals surface area contributed by atoms with Crippen LogP contribution in [-0.4, -0.2) is 43.8 Å². The number of hydrogen-bond acceptors (Lipinski definition) is 4. The van der Waals surface area contributed by atoms with Gasteiger partial charge >= 0.3 is 0 Å². The minimum absolute atomic E-state index is 0.0126. The van der Waals surface area contributed by atoms with Crippen molar-refractivity contribution in [3.8, 4) is 0 Å². The Balaban J connectivity index is 1.55. The molecule has 0 radical (unpaired) electrons. The standard InChI is InChI=1S/C35H35ClFN3O4S/c36-28-13-9-12-27(22-28)24-39(33(23-26-10-3-1-4-11-26)35(42)38-30-14-7-8-15-30)34(41)25-40(31-16-5-2-6-17-31)45(43,44)32-20-18-29(37)19-21-32/h1-6,9-13,16-22,30,33H,7-8,14-15,23-25H2,(H,38,42)/t33-/m0/s1. The molecule has 7 nitrogen and oxygen atoms in total. The molecule has 5 rings (SSSR count). The van der Waals surface area contributed by atoms with Gasteiger partial charge in [-0.3, -0.25) is 13.9 Å². The zero-order valence-electron chi connectivity index (χ0n) is 24.7. The zero-order chi connectivity index (χ0) is 31.8. The van der Waals surface area contributed by atoms with E-state index in [1.54, 1.807) is 48.5 Å². The number of carbonyl (C=O) groups is 2. The first-order valence-corrected chi connectivity index (χ1v) is 16.7. The highest BCUT2D eigenvalue weighted by molar-refractivity contribution is 7.92. The van der Waals surface area contributed by atoms with Crippen molar-refractivity contribution in [1.82, 2.24) is 10.2 Å². The third-order valence-corrected chi connectivity index (χ3v) is 9.96. The van der Waals surface area contributed by atoms with Gasteiger partial charge in [0.2, 0.25) is 11.8 Å². The van der Waals surface area contributed by atoms with Gasteiger partial charge < -0.3 is 10.2 Å². The van der Waals surface area contributed by atoms with E-state index in [1.165, 1.54) is 17.0 Å². The Hall–Kier alpha value is -4.21. The van der Waals surface area contributed by atoms with E-state index < -0.39 is 34.3 Å². The lowest BCUT2D eigenvalue weighted by Gasteiger charge is -2.34. The number of carbonyl (C=O) groups excluding carboxylic acids is 2. The minimum Gasteiger partial charge on any atom is -0.352 e. The molecule has 1 aliphatic rings. The molecule has 10 heteroatoms. The summed E-state index contributed by atoms with van der Waals surface area (Å²) in [5.74, 6) is -1.46. The zero-order valence-corrected chi connectivity index (χ0v) is 26.3. The summed E-state index contributed by atoms with van der Waals surface area (Å²) in [5, 5.41) is 3.62. The monoisotopic (exact) mass is 647 g/mol. The van der Waals surface area contributed by atoms with Crippen LogP contribution in [0, 0.1) is 5.82 Å². The van der Waals surface area contributed by atoms with Crippen LogP contribution >= 0.6 is 11.6 Å². The number of nitrogens with zero attached hydrogens (tertiary/aromatic N) is 2. The molecule has 1 aliphatic carbocycles. The van der Waals surface area contributed by atoms with Gasteiger partial charge in [0.15, 0.2) is 0 Å². The summed E-state index contributed by atoms with van der Waals surface area (Å²) in [4.78, 5) is 29.8. The molecule has 1 N–H and O–H groups in total. The van der Waals surface area contributed by atoms with Gasteiger partial charge in [-0.2, -0.15) is 0 Å². The normalized spacial score (nSPS) is 14.1. The molecule has 0 unspecified atom stereocenters. The van der Waals surface area contributed by atoms with Gasteiger partial charge in [0.1, 0.15) is 18.4 Å². The van der Waals surface area contributed by atoms with Crippen LogP contribution < -0.4 is 9.62 Å². The Kier molecular flexibility index (Phi) is 10.5. The number of halogens is 2. The maximum atomic E-state index is 14.5. The molecule has 0 aliphatic heterocycles. The Morgan fingerprint density at radius 1 is 0.844 bits per heavy atom. The minimum atomic E-state index is -4.31. The second-order valence-electron chi connectivity index (χ2n) is 11.1. The molecule has 45 heavy (non-hydrogen) atoms. The fourth-order valence-electron chi connectivity index (χ4n) is 5.61. The van der Waals surface area contributed by atoms with Crippen molar-refractivity contribution >= 4 is 39.1 Å². The predicted molar refractivity (Wildman–Crippen MR) is 174 cm³/mol. The Morgan fingerprint density at radius 2 is 1.47 bits per heavy atom. The molecule has 234 valence electrons. The van der Waals surface area contributed by atoms with E-state index in [0.29, 0.717) is 10.6 Å². The third-order valence-electron chi connectivity index (χ3n) is 7.94. The molecule has 1 fully saturated rings. The summed E-state index contributed by atoms with van der Waals surface area (Å²) in [6.45, 7) is -0.569. The summed E-state index contributed by atoms with van der Waals surface area (Å²) >= 11 is 6.30. The Morgan fingerprint density at radius 3 is 2.11 bits per heavy atom. The van der Waals surface area contributed by atoms with Gasteiger partial charge in [-0.25, -0.2) is 12.8 Å². The number of sulfonamides is 1. The van der Waals surface area contributed by atoms with E-state index in [-0.39, 0.29) is 35.5 Å². The maximum Gasteiger partial charge on any atom is 0.264 e. The van der Waals surface area contributed by atoms with Crippen molar-refractivity contribution in [3.05, 3.63) is 131 Å². The van der Waals surface area contributed by atoms with Gasteiger partial charge in [-0.1, -0.05) is 85.1 Å². The quantitative estimate of drug-likeness (QED) is 0.194. The number of nitrogens with one attached hydrogen (secondary N) is 1. The number of rotatable bonds is 12. The van der Waals surface area contributed by atoms with Crippen LogP contribution in [0.15, 0.2) is 114 Å². The molecule has 0 heterocycles. The van der Waals surface area contributed by atoms with Crippen molar-refractivity contribution < 1.29 is 22.4 Å². The predicted octanol–water partition coefficient (Wildman–Crippen LogP) is 6.37. The largest absolute Gasteiger partial charge is 0.352 e. The van der Waals surface area contributed by atoms with Crippen LogP contribution in [-0.2, 0) is 32.6 Å². The van der Waals surface area contributed by atoms with Crippen molar-refractivity contribution in [1.29, 1.82) is 0 Å². The fraction of sp³-hybridized carbons (Fsp3) is 0.257. The van der Waals surface area contributed by atoms with E-state index in [4.69, 9.17) is 11.6 Å². The Labute approximate surface area is 268 Å². The van der Waals surface area contributed by atoms with Crippen molar-refractivity contribution in [2.24, 2.45) is 0 Å². The van der Waals surface area contributed by atoms with Gasteiger partial charge in [0.05, 0.1) is 10.6 Å². The molecule has 0 aromatic heterocycles. The van der Waals surface area contributed by atoms with E-state index >= 15 is 0 Å². The number of hydrogen-bond donors (Lipinski definition) is 1. The van der Waals surface area contributed by atoms with Crippen LogP contribution in [0.5, 0.6) is 0 Å². The van der Waals surface area contributed by atoms with Crippen LogP contribution in [0.4, 0.5) is 10.1 Å². The number of amides is 2. The van der Waals surface area contributed by atoms with E-state index in [1.807, 2.05) is 36.4 Å². The lowest BCUT2D eigenvalue weighted by Crippen LogP contribution is -2.54. The van der Waals surface area contributed by atoms with Gasteiger partial charge in [0, 0.05) is 24.0 Å². The van der Waals surface area contributed by atoms with Crippen LogP contribution in [0.1, 0.15) is 36.8 Å². The number of benzene rings is 4. The number of anilines is 1. The average molecular weight is 648 g/mol. The highest BCUT2D eigenvalue weighted by Crippen LogP contribution is 2.26. The fourth-order valence-corrected chi connectivity index (χ4v) is 7.24. The van der Waals surface area contributed by atoms with Gasteiger partial charge in [-0.05, 0) is 72.5 Å². The molecule has 0 saturated heterocycles. The van der Waals surface area contributed by atoms with Crippen molar-refractivity contribution in [2.45, 2.75) is 55.6 Å². The van der Waals surface area contributed by atoms with Crippen molar-refractivity contribution in [2.75, 3.05) is 10.8 Å². The molecule has 0 spiro atoms.